The van der Waals surface area contributed by atoms with Crippen LogP contribution in [0.1, 0.15) is 71.9 Å². The number of benzene rings is 2. The number of hydrogen-bond donors (Lipinski definition) is 2. The average molecular weight is 446 g/mol. The van der Waals surface area contributed by atoms with E-state index in [4.69, 9.17) is 4.74 Å². The maximum absolute atomic E-state index is 13.1. The van der Waals surface area contributed by atoms with Gasteiger partial charge in [0, 0.05) is 17.5 Å². The highest BCUT2D eigenvalue weighted by atomic mass is 16.5. The molecule has 172 valence electrons. The van der Waals surface area contributed by atoms with Gasteiger partial charge < -0.3 is 10.1 Å². The molecule has 0 bridgehead atoms. The first-order valence-corrected chi connectivity index (χ1v) is 11.4. The van der Waals surface area contributed by atoms with E-state index in [9.17, 15) is 9.59 Å². The molecule has 0 aliphatic heterocycles. The third kappa shape index (κ3) is 5.00. The van der Waals surface area contributed by atoms with Gasteiger partial charge in [-0.05, 0) is 72.1 Å². The van der Waals surface area contributed by atoms with Crippen molar-refractivity contribution in [3.63, 3.8) is 0 Å². The predicted molar refractivity (Wildman–Crippen MR) is 130 cm³/mol. The normalized spacial score (nSPS) is 13.3. The van der Waals surface area contributed by atoms with E-state index in [1.54, 1.807) is 13.2 Å². The minimum absolute atomic E-state index is 0.0472. The Hall–Kier alpha value is -3.41. The maximum atomic E-state index is 13.1. The molecule has 1 aromatic heterocycles. The number of carbonyl (C=O) groups is 1. The molecule has 0 radical (unpaired) electrons. The molecule has 0 fully saturated rings. The molecule has 0 saturated heterocycles. The summed E-state index contributed by atoms with van der Waals surface area (Å²) >= 11 is 0. The van der Waals surface area contributed by atoms with Crippen LogP contribution in [0.15, 0.2) is 47.3 Å². The van der Waals surface area contributed by atoms with Crippen LogP contribution in [-0.2, 0) is 24.7 Å². The number of H-pyrrole nitrogens is 1. The van der Waals surface area contributed by atoms with E-state index in [1.807, 2.05) is 36.4 Å². The van der Waals surface area contributed by atoms with Gasteiger partial charge in [0.2, 0.25) is 0 Å². The molecule has 6 nitrogen and oxygen atoms in total. The summed E-state index contributed by atoms with van der Waals surface area (Å²) in [5.41, 5.74) is 6.01. The molecule has 1 aliphatic rings. The number of carbonyl (C=O) groups excluding carboxylic acids is 1. The van der Waals surface area contributed by atoms with Crippen LogP contribution in [0.2, 0.25) is 0 Å². The number of nitrogens with one attached hydrogen (secondary N) is 2. The smallest absolute Gasteiger partial charge is 0.267 e. The van der Waals surface area contributed by atoms with Crippen LogP contribution < -0.4 is 15.6 Å². The van der Waals surface area contributed by atoms with Crippen LogP contribution in [0.4, 0.5) is 5.69 Å². The van der Waals surface area contributed by atoms with Gasteiger partial charge in [0.25, 0.3) is 11.5 Å². The Morgan fingerprint density at radius 2 is 1.85 bits per heavy atom. The number of methoxy groups -OCH3 is 1. The zero-order chi connectivity index (χ0) is 23.6. The number of nitrogens with zero attached hydrogens (tertiary/aromatic N) is 1. The van der Waals surface area contributed by atoms with Gasteiger partial charge in [0.05, 0.1) is 18.5 Å². The summed E-state index contributed by atoms with van der Waals surface area (Å²) in [6, 6.07) is 13.4. The number of fused-ring (bicyclic) bond motifs is 1. The quantitative estimate of drug-likeness (QED) is 0.591. The van der Waals surface area contributed by atoms with Crippen LogP contribution in [0.25, 0.3) is 0 Å². The van der Waals surface area contributed by atoms with E-state index in [-0.39, 0.29) is 16.9 Å². The highest BCUT2D eigenvalue weighted by Crippen LogP contribution is 2.32. The molecule has 3 aromatic rings. The fraction of sp³-hybridized carbons (Fsp3) is 0.370. The first-order chi connectivity index (χ1) is 15.8. The number of ether oxygens (including phenoxy) is 1. The minimum Gasteiger partial charge on any atom is -0.495 e. The Balaban J connectivity index is 1.58. The third-order valence-electron chi connectivity index (χ3n) is 6.26. The second-order valence-electron chi connectivity index (χ2n) is 9.66. The van der Waals surface area contributed by atoms with Crippen LogP contribution in [0.5, 0.6) is 5.75 Å². The number of aromatic nitrogens is 2. The minimum atomic E-state index is -0.197. The first kappa shape index (κ1) is 22.8. The van der Waals surface area contributed by atoms with Crippen molar-refractivity contribution in [2.45, 2.75) is 58.3 Å². The van der Waals surface area contributed by atoms with Crippen molar-refractivity contribution in [1.29, 1.82) is 0 Å². The van der Waals surface area contributed by atoms with Gasteiger partial charge in [-0.25, -0.2) is 5.10 Å². The summed E-state index contributed by atoms with van der Waals surface area (Å²) in [5, 5.41) is 9.99. The van der Waals surface area contributed by atoms with E-state index in [0.717, 1.165) is 53.6 Å². The van der Waals surface area contributed by atoms with Crippen LogP contribution in [0, 0.1) is 0 Å². The second-order valence-corrected chi connectivity index (χ2v) is 9.66. The molecule has 33 heavy (non-hydrogen) atoms. The summed E-state index contributed by atoms with van der Waals surface area (Å²) < 4.78 is 5.46. The molecule has 1 heterocycles. The molecule has 0 unspecified atom stereocenters. The lowest BCUT2D eigenvalue weighted by molar-refractivity contribution is 0.102. The largest absolute Gasteiger partial charge is 0.495 e. The Labute approximate surface area is 194 Å². The number of amides is 1. The second kappa shape index (κ2) is 9.22. The summed E-state index contributed by atoms with van der Waals surface area (Å²) in [5.74, 6) is 0.425. The lowest BCUT2D eigenvalue weighted by Gasteiger charge is -2.21. The van der Waals surface area contributed by atoms with Gasteiger partial charge in [-0.15, -0.1) is 0 Å². The monoisotopic (exact) mass is 445 g/mol. The predicted octanol–water partition coefficient (Wildman–Crippen LogP) is 4.80. The molecule has 6 heteroatoms. The molecule has 2 N–H and O–H groups in total. The van der Waals surface area contributed by atoms with E-state index in [2.05, 4.69) is 36.3 Å². The standard InChI is InChI=1S/C27H31N3O3/c1-27(2,3)19-12-13-24(33-4)23(16-19)28-25(31)18-9-7-8-17(14-18)15-22-20-10-5-6-11-21(20)26(32)30-29-22/h7-9,12-14,16H,5-6,10-11,15H2,1-4H3,(H,28,31)(H,30,32). The lowest BCUT2D eigenvalue weighted by Crippen LogP contribution is -2.23. The molecule has 2 aromatic carbocycles. The molecular weight excluding hydrogens is 414 g/mol. The van der Waals surface area contributed by atoms with Crippen molar-refractivity contribution in [1.82, 2.24) is 10.2 Å². The Morgan fingerprint density at radius 1 is 1.09 bits per heavy atom. The van der Waals surface area contributed by atoms with E-state index < -0.39 is 0 Å². The van der Waals surface area contributed by atoms with E-state index >= 15 is 0 Å². The molecule has 0 saturated carbocycles. The Kier molecular flexibility index (Phi) is 6.36. The van der Waals surface area contributed by atoms with Crippen molar-refractivity contribution in [3.8, 4) is 5.75 Å². The van der Waals surface area contributed by atoms with Gasteiger partial charge in [-0.1, -0.05) is 39.0 Å². The highest BCUT2D eigenvalue weighted by molar-refractivity contribution is 6.05. The Bertz CT molecular complexity index is 1240. The summed E-state index contributed by atoms with van der Waals surface area (Å²) in [7, 11) is 1.60. The first-order valence-electron chi connectivity index (χ1n) is 11.4. The molecule has 1 aliphatic carbocycles. The summed E-state index contributed by atoms with van der Waals surface area (Å²) in [6.45, 7) is 6.40. The molecule has 1 amide bonds. The van der Waals surface area contributed by atoms with Crippen molar-refractivity contribution in [3.05, 3.63) is 86.3 Å². The van der Waals surface area contributed by atoms with Crippen molar-refractivity contribution in [2.24, 2.45) is 0 Å². The molecular formula is C27H31N3O3. The zero-order valence-electron chi connectivity index (χ0n) is 19.7. The van der Waals surface area contributed by atoms with Crippen molar-refractivity contribution < 1.29 is 9.53 Å². The van der Waals surface area contributed by atoms with Gasteiger partial charge in [-0.2, -0.15) is 5.10 Å². The summed E-state index contributed by atoms with van der Waals surface area (Å²) in [4.78, 5) is 25.2. The maximum Gasteiger partial charge on any atom is 0.267 e. The fourth-order valence-corrected chi connectivity index (χ4v) is 4.36. The van der Waals surface area contributed by atoms with Crippen LogP contribution >= 0.6 is 0 Å². The number of anilines is 1. The topological polar surface area (TPSA) is 84.1 Å². The highest BCUT2D eigenvalue weighted by Gasteiger charge is 2.19. The van der Waals surface area contributed by atoms with Gasteiger partial charge in [-0.3, -0.25) is 9.59 Å². The molecule has 0 atom stereocenters. The SMILES string of the molecule is COc1ccc(C(C)(C)C)cc1NC(=O)c1cccc(Cc2n[nH]c(=O)c3c2CCCC3)c1. The van der Waals surface area contributed by atoms with Gasteiger partial charge in [0.1, 0.15) is 5.75 Å². The number of hydrogen-bond acceptors (Lipinski definition) is 4. The van der Waals surface area contributed by atoms with E-state index in [1.165, 1.54) is 0 Å². The Morgan fingerprint density at radius 3 is 2.58 bits per heavy atom. The number of rotatable bonds is 5. The number of aromatic amines is 1. The zero-order valence-corrected chi connectivity index (χ0v) is 19.7. The average Bonchev–Trinajstić information content (AvgIpc) is 2.80. The van der Waals surface area contributed by atoms with Crippen LogP contribution in [-0.4, -0.2) is 23.2 Å². The fourth-order valence-electron chi connectivity index (χ4n) is 4.36. The van der Waals surface area contributed by atoms with Crippen molar-refractivity contribution >= 4 is 11.6 Å². The lowest BCUT2D eigenvalue weighted by atomic mass is 9.87. The van der Waals surface area contributed by atoms with Gasteiger partial charge in [0.15, 0.2) is 0 Å². The third-order valence-corrected chi connectivity index (χ3v) is 6.26. The molecule has 4 rings (SSSR count). The van der Waals surface area contributed by atoms with Gasteiger partial charge >= 0.3 is 0 Å². The van der Waals surface area contributed by atoms with Crippen molar-refractivity contribution in [2.75, 3.05) is 12.4 Å². The van der Waals surface area contributed by atoms with E-state index in [0.29, 0.717) is 23.4 Å². The summed E-state index contributed by atoms with van der Waals surface area (Å²) in [6.07, 6.45) is 4.37. The van der Waals surface area contributed by atoms with Crippen LogP contribution in [0.3, 0.4) is 0 Å². The molecule has 0 spiro atoms.